The number of rotatable bonds is 26. The Kier molecular flexibility index (Phi) is 34.9. The third-order valence-corrected chi connectivity index (χ3v) is 22.9. The largest absolute Gasteiger partial charge is 0.502 e. The number of aromatic hydroxyl groups is 1. The van der Waals surface area contributed by atoms with Crippen LogP contribution in [0.15, 0.2) is 236 Å². The number of sulfonamides is 2. The topological polar surface area (TPSA) is 460 Å². The van der Waals surface area contributed by atoms with Crippen LogP contribution in [0.4, 0.5) is 26.3 Å². The number of esters is 2. The molecule has 0 radical (unpaired) electrons. The average molecular weight is 1880 g/mol. The maximum absolute atomic E-state index is 14.7. The van der Waals surface area contributed by atoms with Gasteiger partial charge in [0.2, 0.25) is 21.7 Å². The SMILES string of the molecule is CCCCOc1c(C(=O)NCc2ccc(F)cc2)n(N)cc(C(=O)OC)c1=O.CCCCOc1c2n(cc(C(=O)OC)c1=O)NCN(Cc1ccc(F)cc1)C2=O.Cc1cn2c(c(OCc3ccccc3)c1=O)C(=O)N(Cc1ccc(F)cc1)CN2S(=O)(=O)c1ccccc1F.O=C1c2c(O)c(=O)ccn2N(S(=O)(=O)c2ccccc2F)CN1Cc1ccc(F)cc1.O=C=O.O=C=O. The average Bonchev–Trinajstić information content (AvgIpc) is 0.736. The standard InChI is InChI=1S/C28H23F2N3O5S.C20H15F2N3O5S.C20H22FN3O5.C19H22FN3O5.2CO2/c1-19-15-32-25(27(26(19)34)38-17-21-7-3-2-4-8-21)28(35)31(16-20-11-13-22(29)14-12-20)18-33(32)39(36,37)24-10-6-5-9-23(24)30;21-14-7-5-13(6-8-14)11-23-12-25(31(29,30)17-4-2-1-3-15(17)22)24-10-9-16(26)19(27)18(24)20(23)28;1-3-4-9-29-18-16-19(26)23(10-13-5-7-14(21)8-6-13)12-22-24(16)11-15(17(18)25)20(27)28-2;1-3-4-9-28-17-15(23(21)11-14(16(17)24)19(26)27-2)18(25)22-10-12-5-7-13(20)8-6-12;2*2-1-3/h2-15H,16-18H2,1H3;1-10,27H,11-12H2;5-8,11,22H,3-4,9-10,12H2,1-2H3;5-8,11H,3-4,9-10,21H2,1-2H3,(H,22,25);;. The van der Waals surface area contributed by atoms with Gasteiger partial charge in [0.1, 0.15) is 82.4 Å². The van der Waals surface area contributed by atoms with E-state index in [0.29, 0.717) is 33.9 Å². The van der Waals surface area contributed by atoms with Crippen LogP contribution in [0.5, 0.6) is 23.0 Å². The van der Waals surface area contributed by atoms with Gasteiger partial charge in [-0.25, -0.2) is 45.3 Å². The summed E-state index contributed by atoms with van der Waals surface area (Å²) in [6.07, 6.45) is 7.96. The first-order valence-corrected chi connectivity index (χ1v) is 42.5. The minimum Gasteiger partial charge on any atom is -0.502 e. The van der Waals surface area contributed by atoms with Gasteiger partial charge in [-0.05, 0) is 120 Å². The summed E-state index contributed by atoms with van der Waals surface area (Å²) in [5, 5.41) is 12.8. The Hall–Kier alpha value is -16.2. The number of benzene rings is 7. The molecule has 0 saturated carbocycles. The van der Waals surface area contributed by atoms with Gasteiger partial charge in [0.25, 0.3) is 43.7 Å². The van der Waals surface area contributed by atoms with Crippen molar-refractivity contribution in [2.24, 2.45) is 0 Å². The number of ether oxygens (including phenoxy) is 5. The second-order valence-electron chi connectivity index (χ2n) is 28.4. The fraction of sp³-hybridized carbons (Fsp3) is 0.213. The van der Waals surface area contributed by atoms with Gasteiger partial charge in [0, 0.05) is 62.6 Å². The minimum absolute atomic E-state index is 0.00659. The van der Waals surface area contributed by atoms with E-state index in [1.165, 1.54) is 150 Å². The van der Waals surface area contributed by atoms with Gasteiger partial charge in [0.15, 0.2) is 45.8 Å². The smallest absolute Gasteiger partial charge is 0.373 e. The van der Waals surface area contributed by atoms with Crippen molar-refractivity contribution in [3.8, 4) is 23.0 Å². The number of aromatic nitrogens is 4. The number of fused-ring (bicyclic) bond motifs is 3. The molecule has 7 aromatic carbocycles. The molecule has 0 saturated heterocycles. The summed E-state index contributed by atoms with van der Waals surface area (Å²) >= 11 is 0. The molecule has 36 nitrogen and oxygen atoms in total. The van der Waals surface area contributed by atoms with E-state index in [1.54, 1.807) is 36.4 Å². The summed E-state index contributed by atoms with van der Waals surface area (Å²) in [6.45, 7) is 4.85. The summed E-state index contributed by atoms with van der Waals surface area (Å²) in [7, 11) is -6.80. The van der Waals surface area contributed by atoms with E-state index in [2.05, 4.69) is 20.2 Å². The van der Waals surface area contributed by atoms with Crippen molar-refractivity contribution >= 4 is 67.9 Å². The monoisotopic (exact) mass is 1880 g/mol. The molecule has 0 aliphatic carbocycles. The van der Waals surface area contributed by atoms with Crippen molar-refractivity contribution in [3.05, 3.63) is 350 Å². The molecule has 5 N–H and O–H groups in total. The number of aryl methyl sites for hydroxylation is 1. The Morgan fingerprint density at radius 3 is 1.35 bits per heavy atom. The first-order chi connectivity index (χ1) is 63.5. The quantitative estimate of drug-likeness (QED) is 0.0171. The number of hydrogen-bond donors (Lipinski definition) is 4. The molecular formula is C89H82F6N12O24S2. The predicted octanol–water partition coefficient (Wildman–Crippen LogP) is 8.27. The molecule has 696 valence electrons. The lowest BCUT2D eigenvalue weighted by molar-refractivity contribution is -0.193. The van der Waals surface area contributed by atoms with E-state index in [4.69, 9.17) is 39.2 Å². The Morgan fingerprint density at radius 1 is 0.481 bits per heavy atom. The van der Waals surface area contributed by atoms with Crippen LogP contribution >= 0.6 is 0 Å². The normalized spacial score (nSPS) is 12.3. The second-order valence-corrected chi connectivity index (χ2v) is 32.0. The molecule has 44 heteroatoms. The zero-order valence-electron chi connectivity index (χ0n) is 71.1. The van der Waals surface area contributed by atoms with E-state index in [1.807, 2.05) is 19.9 Å². The number of amides is 4. The molecule has 4 aromatic heterocycles. The van der Waals surface area contributed by atoms with Crippen LogP contribution in [0, 0.1) is 41.8 Å². The molecule has 11 aromatic rings. The molecule has 7 heterocycles. The Balaban J connectivity index is 0.000000197. The number of nitrogens with zero attached hydrogens (tertiary/aromatic N) is 9. The van der Waals surface area contributed by atoms with Crippen LogP contribution < -0.4 is 61.3 Å². The van der Waals surface area contributed by atoms with E-state index >= 15 is 0 Å². The minimum atomic E-state index is -4.57. The molecule has 0 fully saturated rings. The van der Waals surface area contributed by atoms with Crippen molar-refractivity contribution < 1.29 is 120 Å². The van der Waals surface area contributed by atoms with Crippen molar-refractivity contribution in [1.82, 2.24) is 38.7 Å². The molecule has 133 heavy (non-hydrogen) atoms. The lowest BCUT2D eigenvalue weighted by atomic mass is 10.1. The van der Waals surface area contributed by atoms with Crippen molar-refractivity contribution in [1.29, 1.82) is 0 Å². The molecular weight excluding hydrogens is 1800 g/mol. The molecule has 3 aliphatic heterocycles. The van der Waals surface area contributed by atoms with E-state index in [0.717, 1.165) is 97.1 Å². The summed E-state index contributed by atoms with van der Waals surface area (Å²) < 4.78 is 167. The van der Waals surface area contributed by atoms with Crippen LogP contribution in [0.1, 0.15) is 136 Å². The number of carbonyl (C=O) groups excluding carboxylic acids is 10. The number of pyridine rings is 4. The van der Waals surface area contributed by atoms with Crippen LogP contribution in [0.25, 0.3) is 0 Å². The number of nitrogens with one attached hydrogen (secondary N) is 2. The lowest BCUT2D eigenvalue weighted by Gasteiger charge is -2.39. The van der Waals surface area contributed by atoms with Gasteiger partial charge < -0.3 is 60.1 Å². The van der Waals surface area contributed by atoms with Crippen molar-refractivity contribution in [3.63, 3.8) is 0 Å². The zero-order chi connectivity index (χ0) is 97.1. The highest BCUT2D eigenvalue weighted by Crippen LogP contribution is 2.32. The number of methoxy groups -OCH3 is 2. The first-order valence-electron chi connectivity index (χ1n) is 39.6. The lowest BCUT2D eigenvalue weighted by Crippen LogP contribution is -2.56. The highest BCUT2D eigenvalue weighted by atomic mass is 32.2. The van der Waals surface area contributed by atoms with E-state index in [9.17, 15) is 96.2 Å². The summed E-state index contributed by atoms with van der Waals surface area (Å²) in [5.74, 6) is -3.94. The maximum Gasteiger partial charge on any atom is 0.373 e. The van der Waals surface area contributed by atoms with E-state index < -0.39 is 141 Å². The second kappa shape index (κ2) is 46.2. The Morgan fingerprint density at radius 2 is 0.887 bits per heavy atom. The third kappa shape index (κ3) is 24.4. The molecule has 0 atom stereocenters. The van der Waals surface area contributed by atoms with Crippen LogP contribution in [0.2, 0.25) is 0 Å². The van der Waals surface area contributed by atoms with Gasteiger partial charge in [-0.3, -0.25) is 47.7 Å². The summed E-state index contributed by atoms with van der Waals surface area (Å²) in [6, 6.07) is 41.3. The number of halogens is 6. The Bertz CT molecular complexity index is 6670. The fourth-order valence-corrected chi connectivity index (χ4v) is 15.7. The van der Waals surface area contributed by atoms with Gasteiger partial charge in [-0.15, -0.1) is 0 Å². The van der Waals surface area contributed by atoms with Gasteiger partial charge in [-0.1, -0.05) is 130 Å². The molecule has 0 spiro atoms. The van der Waals surface area contributed by atoms with Gasteiger partial charge >= 0.3 is 24.2 Å². The Labute approximate surface area is 752 Å². The third-order valence-electron chi connectivity index (χ3n) is 19.5. The molecule has 3 aliphatic rings. The molecule has 4 amide bonds. The number of nitrogens with two attached hydrogens (primary N) is 1. The predicted molar refractivity (Wildman–Crippen MR) is 458 cm³/mol. The van der Waals surface area contributed by atoms with Gasteiger partial charge in [-0.2, -0.15) is 44.8 Å². The molecule has 0 bridgehead atoms. The first kappa shape index (κ1) is 101. The number of carbonyl (C=O) groups is 6. The van der Waals surface area contributed by atoms with Crippen molar-refractivity contribution in [2.45, 2.75) is 89.0 Å². The summed E-state index contributed by atoms with van der Waals surface area (Å²) in [4.78, 5) is 162. The van der Waals surface area contributed by atoms with Crippen LogP contribution in [0.3, 0.4) is 0 Å². The van der Waals surface area contributed by atoms with E-state index in [-0.39, 0.29) is 122 Å². The number of nitrogen functional groups attached to an aromatic ring is 1. The highest BCUT2D eigenvalue weighted by Gasteiger charge is 2.43. The van der Waals surface area contributed by atoms with Gasteiger partial charge in [0.05, 0.1) is 27.4 Å². The summed E-state index contributed by atoms with van der Waals surface area (Å²) in [5.41, 5.74) is 1.55. The highest BCUT2D eigenvalue weighted by molar-refractivity contribution is 7.92. The van der Waals surface area contributed by atoms with Crippen molar-refractivity contribution in [2.75, 3.05) is 67.5 Å². The molecule has 14 rings (SSSR count). The zero-order valence-corrected chi connectivity index (χ0v) is 72.7. The molecule has 0 unspecified atom stereocenters. The number of unbranched alkanes of at least 4 members (excludes halogenated alkanes) is 2. The maximum atomic E-state index is 14.7. The van der Waals surface area contributed by atoms with Crippen LogP contribution in [-0.2, 0) is 81.5 Å². The fourth-order valence-electron chi connectivity index (χ4n) is 12.8. The number of hydrogen-bond acceptors (Lipinski definition) is 26. The van der Waals surface area contributed by atoms with Crippen LogP contribution in [-0.4, -0.2) is 151 Å².